The Morgan fingerprint density at radius 3 is 2.55 bits per heavy atom. The summed E-state index contributed by atoms with van der Waals surface area (Å²) in [5, 5.41) is 8.73. The summed E-state index contributed by atoms with van der Waals surface area (Å²) in [6.45, 7) is 2.12. The molecule has 33 heavy (non-hydrogen) atoms. The van der Waals surface area contributed by atoms with Crippen molar-refractivity contribution in [2.75, 3.05) is 17.2 Å². The molecular formula is C23H19ClN4O3S2. The maximum Gasteiger partial charge on any atom is 0.258 e. The van der Waals surface area contributed by atoms with E-state index in [9.17, 15) is 9.59 Å². The van der Waals surface area contributed by atoms with Crippen LogP contribution in [0.25, 0.3) is 10.6 Å². The highest BCUT2D eigenvalue weighted by atomic mass is 35.5. The first kappa shape index (κ1) is 22.9. The van der Waals surface area contributed by atoms with Crippen molar-refractivity contribution in [2.45, 2.75) is 13.3 Å². The van der Waals surface area contributed by atoms with Crippen molar-refractivity contribution in [3.8, 4) is 16.3 Å². The number of rotatable bonds is 8. The van der Waals surface area contributed by atoms with Gasteiger partial charge in [0.15, 0.2) is 10.3 Å². The fraction of sp³-hybridized carbons (Fsp3) is 0.130. The number of para-hydroxylation sites is 1. The van der Waals surface area contributed by atoms with Gasteiger partial charge in [0.25, 0.3) is 5.91 Å². The third kappa shape index (κ3) is 5.95. The first-order chi connectivity index (χ1) is 16.0. The Hall–Kier alpha value is -3.27. The number of carbonyl (C=O) groups excluding carboxylic acids is 2. The van der Waals surface area contributed by atoms with Gasteiger partial charge in [0.05, 0.1) is 39.9 Å². The van der Waals surface area contributed by atoms with Gasteiger partial charge in [-0.1, -0.05) is 53.3 Å². The van der Waals surface area contributed by atoms with Crippen LogP contribution in [0.15, 0.2) is 60.0 Å². The fourth-order valence-corrected chi connectivity index (χ4v) is 4.83. The fourth-order valence-electron chi connectivity index (χ4n) is 2.89. The Labute approximate surface area is 203 Å². The number of carbonyl (C=O) groups is 2. The topological polar surface area (TPSA) is 93.2 Å². The van der Waals surface area contributed by atoms with Crippen molar-refractivity contribution < 1.29 is 14.3 Å². The van der Waals surface area contributed by atoms with Crippen LogP contribution < -0.4 is 15.4 Å². The predicted octanol–water partition coefficient (Wildman–Crippen LogP) is 5.89. The Morgan fingerprint density at radius 2 is 1.76 bits per heavy atom. The van der Waals surface area contributed by atoms with E-state index >= 15 is 0 Å². The van der Waals surface area contributed by atoms with Crippen molar-refractivity contribution >= 4 is 56.4 Å². The molecule has 0 aliphatic heterocycles. The summed E-state index contributed by atoms with van der Waals surface area (Å²) < 4.78 is 5.55. The molecular weight excluding hydrogens is 480 g/mol. The van der Waals surface area contributed by atoms with Crippen LogP contribution in [0.3, 0.4) is 0 Å². The summed E-state index contributed by atoms with van der Waals surface area (Å²) in [7, 11) is 0. The Bertz CT molecular complexity index is 1270. The lowest BCUT2D eigenvalue weighted by Gasteiger charge is -2.05. The zero-order valence-electron chi connectivity index (χ0n) is 17.5. The number of aromatic nitrogens is 2. The molecule has 0 aliphatic rings. The molecule has 10 heteroatoms. The van der Waals surface area contributed by atoms with Crippen LogP contribution in [-0.4, -0.2) is 28.4 Å². The number of halogens is 1. The molecule has 2 heterocycles. The molecule has 7 nitrogen and oxygen atoms in total. The van der Waals surface area contributed by atoms with E-state index in [0.717, 1.165) is 16.3 Å². The van der Waals surface area contributed by atoms with Crippen LogP contribution in [-0.2, 0) is 4.79 Å². The normalized spacial score (nSPS) is 10.6. The van der Waals surface area contributed by atoms with Gasteiger partial charge < -0.3 is 10.1 Å². The molecule has 0 fully saturated rings. The first-order valence-electron chi connectivity index (χ1n) is 9.96. The van der Waals surface area contributed by atoms with Crippen molar-refractivity contribution in [1.29, 1.82) is 0 Å². The number of nitrogens with zero attached hydrogens (tertiary/aromatic N) is 2. The second kappa shape index (κ2) is 10.6. The molecule has 0 unspecified atom stereocenters. The first-order valence-corrected chi connectivity index (χ1v) is 12.0. The van der Waals surface area contributed by atoms with Crippen LogP contribution in [0, 0.1) is 6.92 Å². The minimum Gasteiger partial charge on any atom is -0.493 e. The highest BCUT2D eigenvalue weighted by Gasteiger charge is 2.17. The zero-order chi connectivity index (χ0) is 23.2. The molecule has 0 bridgehead atoms. The van der Waals surface area contributed by atoms with Gasteiger partial charge in [-0.15, -0.1) is 11.3 Å². The summed E-state index contributed by atoms with van der Waals surface area (Å²) in [6, 6.07) is 16.2. The third-order valence-corrected chi connectivity index (χ3v) is 6.64. The van der Waals surface area contributed by atoms with E-state index in [2.05, 4.69) is 20.6 Å². The molecule has 0 radical (unpaired) electrons. The molecule has 4 rings (SSSR count). The van der Waals surface area contributed by atoms with Crippen molar-refractivity contribution in [3.63, 3.8) is 0 Å². The van der Waals surface area contributed by atoms with Crippen molar-refractivity contribution in [3.05, 3.63) is 76.3 Å². The molecule has 2 aromatic carbocycles. The smallest absolute Gasteiger partial charge is 0.258 e. The lowest BCUT2D eigenvalue weighted by atomic mass is 10.2. The number of thiazole rings is 2. The maximum atomic E-state index is 12.5. The van der Waals surface area contributed by atoms with E-state index in [-0.39, 0.29) is 24.8 Å². The zero-order valence-corrected chi connectivity index (χ0v) is 19.9. The van der Waals surface area contributed by atoms with E-state index in [4.69, 9.17) is 16.3 Å². The van der Waals surface area contributed by atoms with Crippen molar-refractivity contribution in [1.82, 2.24) is 9.97 Å². The monoisotopic (exact) mass is 498 g/mol. The van der Waals surface area contributed by atoms with E-state index in [1.54, 1.807) is 24.3 Å². The minimum absolute atomic E-state index is 0.180. The third-order valence-electron chi connectivity index (χ3n) is 4.46. The molecule has 4 aromatic rings. The van der Waals surface area contributed by atoms with Gasteiger partial charge >= 0.3 is 0 Å². The molecule has 0 aliphatic carbocycles. The van der Waals surface area contributed by atoms with E-state index < -0.39 is 0 Å². The number of hydrogen-bond acceptors (Lipinski definition) is 7. The van der Waals surface area contributed by atoms with Crippen LogP contribution in [0.4, 0.5) is 10.3 Å². The second-order valence-corrected chi connectivity index (χ2v) is 9.13. The van der Waals surface area contributed by atoms with Gasteiger partial charge in [0.1, 0.15) is 5.75 Å². The van der Waals surface area contributed by atoms with Crippen LogP contribution in [0.1, 0.15) is 22.5 Å². The number of amides is 2. The molecule has 168 valence electrons. The van der Waals surface area contributed by atoms with Crippen LogP contribution >= 0.6 is 34.3 Å². The van der Waals surface area contributed by atoms with Crippen LogP contribution in [0.2, 0.25) is 5.02 Å². The number of nitrogens with one attached hydrogen (secondary N) is 2. The average molecular weight is 499 g/mol. The SMILES string of the molecule is Cc1nc(NC(=O)c2ccccc2Cl)sc1-c1csc(NC(=O)CCOc2ccccc2)n1. The van der Waals surface area contributed by atoms with Gasteiger partial charge in [-0.2, -0.15) is 0 Å². The minimum atomic E-state index is -0.329. The number of benzene rings is 2. The van der Waals surface area contributed by atoms with Gasteiger partial charge in [0, 0.05) is 5.38 Å². The quantitative estimate of drug-likeness (QED) is 0.316. The Balaban J connectivity index is 1.35. The highest BCUT2D eigenvalue weighted by molar-refractivity contribution is 7.20. The maximum absolute atomic E-state index is 12.5. The summed E-state index contributed by atoms with van der Waals surface area (Å²) in [4.78, 5) is 34.4. The van der Waals surface area contributed by atoms with E-state index in [1.165, 1.54) is 22.7 Å². The molecule has 0 saturated carbocycles. The van der Waals surface area contributed by atoms with Gasteiger partial charge in [-0.25, -0.2) is 9.97 Å². The van der Waals surface area contributed by atoms with Crippen molar-refractivity contribution in [2.24, 2.45) is 0 Å². The van der Waals surface area contributed by atoms with Gasteiger partial charge in [0.2, 0.25) is 5.91 Å². The average Bonchev–Trinajstić information content (AvgIpc) is 3.40. The Kier molecular flexibility index (Phi) is 7.33. The molecule has 2 N–H and O–H groups in total. The summed E-state index contributed by atoms with van der Waals surface area (Å²) in [5.74, 6) is 0.213. The summed E-state index contributed by atoms with van der Waals surface area (Å²) in [5.41, 5.74) is 1.79. The number of anilines is 2. The summed E-state index contributed by atoms with van der Waals surface area (Å²) >= 11 is 8.73. The predicted molar refractivity (Wildman–Crippen MR) is 133 cm³/mol. The standard InChI is InChI=1S/C23H19ClN4O3S2/c1-14-20(33-23(25-14)28-21(30)16-9-5-6-10-17(16)24)18-13-32-22(26-18)27-19(29)11-12-31-15-7-3-2-4-8-15/h2-10,13H,11-12H2,1H3,(H,25,28,30)(H,26,27,29). The molecule has 0 saturated heterocycles. The van der Waals surface area contributed by atoms with E-state index in [0.29, 0.717) is 26.5 Å². The molecule has 0 atom stereocenters. The largest absolute Gasteiger partial charge is 0.493 e. The second-order valence-electron chi connectivity index (χ2n) is 6.87. The molecule has 0 spiro atoms. The number of hydrogen-bond donors (Lipinski definition) is 2. The summed E-state index contributed by atoms with van der Waals surface area (Å²) in [6.07, 6.45) is 0.210. The van der Waals surface area contributed by atoms with Gasteiger partial charge in [-0.05, 0) is 31.2 Å². The highest BCUT2D eigenvalue weighted by Crippen LogP contribution is 2.35. The Morgan fingerprint density at radius 1 is 1.00 bits per heavy atom. The number of ether oxygens (including phenoxy) is 1. The lowest BCUT2D eigenvalue weighted by molar-refractivity contribution is -0.116. The van der Waals surface area contributed by atoms with Gasteiger partial charge in [-0.3, -0.25) is 14.9 Å². The molecule has 2 aromatic heterocycles. The lowest BCUT2D eigenvalue weighted by Crippen LogP contribution is -2.15. The number of aryl methyl sites for hydroxylation is 1. The van der Waals surface area contributed by atoms with E-state index in [1.807, 2.05) is 42.6 Å². The molecule has 2 amide bonds. The van der Waals surface area contributed by atoms with Crippen LogP contribution in [0.5, 0.6) is 5.75 Å².